The van der Waals surface area contributed by atoms with E-state index in [-0.39, 0.29) is 35.1 Å². The molecule has 1 fully saturated rings. The molecule has 186 valence electrons. The van der Waals surface area contributed by atoms with Gasteiger partial charge in [-0.2, -0.15) is 0 Å². The molecule has 0 saturated carbocycles. The van der Waals surface area contributed by atoms with E-state index in [0.717, 1.165) is 0 Å². The van der Waals surface area contributed by atoms with Crippen molar-refractivity contribution in [3.63, 3.8) is 0 Å². The predicted molar refractivity (Wildman–Crippen MR) is 137 cm³/mol. The fourth-order valence-corrected chi connectivity index (χ4v) is 4.30. The summed E-state index contributed by atoms with van der Waals surface area (Å²) >= 11 is 12.1. The van der Waals surface area contributed by atoms with Crippen LogP contribution in [0.4, 0.5) is 0 Å². The third-order valence-corrected chi connectivity index (χ3v) is 6.54. The number of nitrogens with zero attached hydrogens (tertiary/aromatic N) is 1. The predicted octanol–water partition coefficient (Wildman–Crippen LogP) is 5.51. The van der Waals surface area contributed by atoms with Crippen LogP contribution in [0.5, 0.6) is 17.2 Å². The smallest absolute Gasteiger partial charge is 0.295 e. The van der Waals surface area contributed by atoms with Gasteiger partial charge < -0.3 is 24.2 Å². The van der Waals surface area contributed by atoms with Crippen molar-refractivity contribution in [3.05, 3.63) is 93.5 Å². The zero-order valence-electron chi connectivity index (χ0n) is 19.5. The van der Waals surface area contributed by atoms with Crippen LogP contribution in [0.1, 0.15) is 17.2 Å². The Morgan fingerprint density at radius 2 is 1.58 bits per heavy atom. The van der Waals surface area contributed by atoms with Crippen LogP contribution in [-0.2, 0) is 9.59 Å². The number of benzene rings is 3. The van der Waals surface area contributed by atoms with Crippen molar-refractivity contribution < 1.29 is 28.9 Å². The number of aliphatic hydroxyl groups excluding tert-OH is 1. The van der Waals surface area contributed by atoms with E-state index in [2.05, 4.69) is 0 Å². The molecule has 0 spiro atoms. The summed E-state index contributed by atoms with van der Waals surface area (Å²) in [4.78, 5) is 27.7. The minimum Gasteiger partial charge on any atom is -0.507 e. The van der Waals surface area contributed by atoms with Crippen LogP contribution >= 0.6 is 23.2 Å². The van der Waals surface area contributed by atoms with Crippen LogP contribution < -0.4 is 14.2 Å². The maximum absolute atomic E-state index is 13.2. The number of rotatable bonds is 8. The van der Waals surface area contributed by atoms with Crippen molar-refractivity contribution in [3.8, 4) is 17.2 Å². The Kier molecular flexibility index (Phi) is 7.72. The second-order valence-corrected chi connectivity index (χ2v) is 8.74. The molecule has 0 aliphatic carbocycles. The molecule has 1 atom stereocenters. The molecule has 1 unspecified atom stereocenters. The number of ether oxygens (including phenoxy) is 3. The Labute approximate surface area is 218 Å². The summed E-state index contributed by atoms with van der Waals surface area (Å²) in [6.07, 6.45) is 0. The highest BCUT2D eigenvalue weighted by atomic mass is 35.5. The number of hydrogen-bond acceptors (Lipinski definition) is 6. The summed E-state index contributed by atoms with van der Waals surface area (Å²) in [5.74, 6) is -0.0894. The first-order valence-electron chi connectivity index (χ1n) is 11.0. The van der Waals surface area contributed by atoms with E-state index in [1.807, 2.05) is 0 Å². The zero-order valence-corrected chi connectivity index (χ0v) is 21.0. The molecule has 1 N–H and O–H groups in total. The molecular formula is C27H23Cl2NO6. The van der Waals surface area contributed by atoms with Crippen LogP contribution in [-0.4, -0.2) is 49.1 Å². The van der Waals surface area contributed by atoms with Gasteiger partial charge in [0.1, 0.15) is 29.6 Å². The SMILES string of the molecule is COc1ccc(OCCN2C(=O)C(=O)/C(=C(\O)c3ccc(Cl)c(Cl)c3)C2c2cccc(OC)c2)cc1. The molecule has 0 aromatic heterocycles. The number of amides is 1. The van der Waals surface area contributed by atoms with E-state index in [4.69, 9.17) is 37.4 Å². The highest BCUT2D eigenvalue weighted by Crippen LogP contribution is 2.40. The number of hydrogen-bond donors (Lipinski definition) is 1. The van der Waals surface area contributed by atoms with Crippen LogP contribution in [0.3, 0.4) is 0 Å². The topological polar surface area (TPSA) is 85.3 Å². The number of likely N-dealkylation sites (tertiary alicyclic amines) is 1. The zero-order chi connectivity index (χ0) is 25.8. The van der Waals surface area contributed by atoms with Crippen molar-refractivity contribution in [2.24, 2.45) is 0 Å². The van der Waals surface area contributed by atoms with E-state index in [1.54, 1.807) is 55.6 Å². The van der Waals surface area contributed by atoms with Gasteiger partial charge in [-0.05, 0) is 60.2 Å². The quantitative estimate of drug-likeness (QED) is 0.236. The van der Waals surface area contributed by atoms with Crippen molar-refractivity contribution in [2.75, 3.05) is 27.4 Å². The summed E-state index contributed by atoms with van der Waals surface area (Å²) < 4.78 is 16.3. The highest BCUT2D eigenvalue weighted by Gasteiger charge is 2.46. The van der Waals surface area contributed by atoms with E-state index in [1.165, 1.54) is 30.2 Å². The summed E-state index contributed by atoms with van der Waals surface area (Å²) in [5, 5.41) is 11.7. The van der Waals surface area contributed by atoms with Gasteiger partial charge in [-0.1, -0.05) is 35.3 Å². The Balaban J connectivity index is 1.70. The van der Waals surface area contributed by atoms with E-state index in [9.17, 15) is 14.7 Å². The normalized spacial score (nSPS) is 16.8. The van der Waals surface area contributed by atoms with Crippen LogP contribution in [0, 0.1) is 0 Å². The Morgan fingerprint density at radius 1 is 0.889 bits per heavy atom. The van der Waals surface area contributed by atoms with Crippen molar-refractivity contribution in [1.82, 2.24) is 4.90 Å². The van der Waals surface area contributed by atoms with Gasteiger partial charge in [-0.3, -0.25) is 9.59 Å². The largest absolute Gasteiger partial charge is 0.507 e. The van der Waals surface area contributed by atoms with Crippen molar-refractivity contribution in [1.29, 1.82) is 0 Å². The second kappa shape index (κ2) is 10.9. The van der Waals surface area contributed by atoms with Gasteiger partial charge in [0, 0.05) is 5.56 Å². The summed E-state index contributed by atoms with van der Waals surface area (Å²) in [6.45, 7) is 0.212. The molecular weight excluding hydrogens is 505 g/mol. The first-order chi connectivity index (χ1) is 17.3. The third-order valence-electron chi connectivity index (χ3n) is 5.80. The van der Waals surface area contributed by atoms with Crippen molar-refractivity contribution in [2.45, 2.75) is 6.04 Å². The lowest BCUT2D eigenvalue weighted by Crippen LogP contribution is -2.33. The lowest BCUT2D eigenvalue weighted by molar-refractivity contribution is -0.140. The van der Waals surface area contributed by atoms with Crippen molar-refractivity contribution >= 4 is 40.7 Å². The van der Waals surface area contributed by atoms with Gasteiger partial charge in [0.05, 0.1) is 42.4 Å². The molecule has 3 aromatic carbocycles. The molecule has 0 radical (unpaired) electrons. The molecule has 4 rings (SSSR count). The summed E-state index contributed by atoms with van der Waals surface area (Å²) in [6, 6.07) is 17.6. The Bertz CT molecular complexity index is 1320. The lowest BCUT2D eigenvalue weighted by Gasteiger charge is -2.25. The molecule has 1 aliphatic rings. The van der Waals surface area contributed by atoms with Gasteiger partial charge in [0.15, 0.2) is 0 Å². The molecule has 36 heavy (non-hydrogen) atoms. The minimum absolute atomic E-state index is 0.0592. The third kappa shape index (κ3) is 5.12. The number of methoxy groups -OCH3 is 2. The Morgan fingerprint density at radius 3 is 2.25 bits per heavy atom. The maximum Gasteiger partial charge on any atom is 0.295 e. The van der Waals surface area contributed by atoms with Gasteiger partial charge in [0.2, 0.25) is 0 Å². The monoisotopic (exact) mass is 527 g/mol. The van der Waals surface area contributed by atoms with Gasteiger partial charge >= 0.3 is 0 Å². The molecule has 0 bridgehead atoms. The first kappa shape index (κ1) is 25.4. The average Bonchev–Trinajstić information content (AvgIpc) is 3.15. The minimum atomic E-state index is -0.867. The average molecular weight is 528 g/mol. The fourth-order valence-electron chi connectivity index (χ4n) is 4.00. The fraction of sp³-hybridized carbons (Fsp3) is 0.185. The van der Waals surface area contributed by atoms with E-state index >= 15 is 0 Å². The number of carbonyl (C=O) groups excluding carboxylic acids is 2. The van der Waals surface area contributed by atoms with Gasteiger partial charge in [-0.15, -0.1) is 0 Å². The standard InChI is InChI=1S/C27H23Cl2NO6/c1-34-18-7-9-19(10-8-18)36-13-12-30-24(16-4-3-5-20(14-16)35-2)23(26(32)27(30)33)25(31)17-6-11-21(28)22(29)15-17/h3-11,14-15,24,31H,12-13H2,1-2H3/b25-23-. The molecule has 7 nitrogen and oxygen atoms in total. The van der Waals surface area contributed by atoms with Gasteiger partial charge in [0.25, 0.3) is 11.7 Å². The summed E-state index contributed by atoms with van der Waals surface area (Å²) in [7, 11) is 3.09. The number of Topliss-reactive ketones (excluding diaryl/α,β-unsaturated/α-hetero) is 1. The molecule has 1 saturated heterocycles. The molecule has 3 aromatic rings. The molecule has 1 aliphatic heterocycles. The second-order valence-electron chi connectivity index (χ2n) is 7.92. The Hall–Kier alpha value is -3.68. The number of ketones is 1. The number of carbonyl (C=O) groups is 2. The van der Waals surface area contributed by atoms with Crippen LogP contribution in [0.25, 0.3) is 5.76 Å². The van der Waals surface area contributed by atoms with Gasteiger partial charge in [-0.25, -0.2) is 0 Å². The van der Waals surface area contributed by atoms with Crippen LogP contribution in [0.15, 0.2) is 72.3 Å². The molecule has 9 heteroatoms. The lowest BCUT2D eigenvalue weighted by atomic mass is 9.95. The molecule has 1 amide bonds. The van der Waals surface area contributed by atoms with Crippen LogP contribution in [0.2, 0.25) is 10.0 Å². The maximum atomic E-state index is 13.2. The summed E-state index contributed by atoms with van der Waals surface area (Å²) in [5.41, 5.74) is 0.806. The van der Waals surface area contributed by atoms with E-state index in [0.29, 0.717) is 27.8 Å². The number of aliphatic hydroxyl groups is 1. The number of halogens is 2. The highest BCUT2D eigenvalue weighted by molar-refractivity contribution is 6.46. The van der Waals surface area contributed by atoms with E-state index < -0.39 is 17.7 Å². The molecule has 1 heterocycles. The first-order valence-corrected chi connectivity index (χ1v) is 11.7.